The standard InChI is InChI=1S/C52H33N3S/c1-4-12-34(13-5-1)35-22-26-40(27-23-35)55(42-29-31-48-45(33-42)43-18-10-11-19-47(43)56-48)41-28-24-36-20-21-37-25-30-46-52(49(37)44(36)32-41)54-51(39-16-8-3-9-17-39)50(53-46)38-14-6-2-7-15-38/h1-33H. The Morgan fingerprint density at radius 1 is 0.357 bits per heavy atom. The zero-order valence-corrected chi connectivity index (χ0v) is 31.1. The van der Waals surface area contributed by atoms with Crippen LogP contribution in [-0.4, -0.2) is 9.97 Å². The van der Waals surface area contributed by atoms with Gasteiger partial charge in [0, 0.05) is 53.7 Å². The second-order valence-electron chi connectivity index (χ2n) is 14.2. The Labute approximate surface area is 328 Å². The van der Waals surface area contributed by atoms with Gasteiger partial charge in [-0.1, -0.05) is 146 Å². The van der Waals surface area contributed by atoms with Crippen LogP contribution in [0.1, 0.15) is 0 Å². The van der Waals surface area contributed by atoms with E-state index in [1.54, 1.807) is 0 Å². The quantitative estimate of drug-likeness (QED) is 0.159. The summed E-state index contributed by atoms with van der Waals surface area (Å²) >= 11 is 1.85. The van der Waals surface area contributed by atoms with Gasteiger partial charge in [0.15, 0.2) is 0 Å². The summed E-state index contributed by atoms with van der Waals surface area (Å²) < 4.78 is 2.59. The first-order valence-electron chi connectivity index (χ1n) is 18.9. The number of benzene rings is 9. The van der Waals surface area contributed by atoms with Crippen LogP contribution in [0.4, 0.5) is 17.1 Å². The number of hydrogen-bond donors (Lipinski definition) is 0. The van der Waals surface area contributed by atoms with Crippen molar-refractivity contribution >= 4 is 81.1 Å². The first-order valence-corrected chi connectivity index (χ1v) is 19.7. The molecule has 0 atom stereocenters. The average Bonchev–Trinajstić information content (AvgIpc) is 3.65. The van der Waals surface area contributed by atoms with Gasteiger partial charge < -0.3 is 4.90 Å². The maximum atomic E-state index is 5.51. The third-order valence-electron chi connectivity index (χ3n) is 10.8. The molecule has 0 fully saturated rings. The van der Waals surface area contributed by atoms with Crippen molar-refractivity contribution < 1.29 is 0 Å². The zero-order valence-electron chi connectivity index (χ0n) is 30.3. The van der Waals surface area contributed by atoms with Crippen LogP contribution in [0.2, 0.25) is 0 Å². The van der Waals surface area contributed by atoms with E-state index in [1.165, 1.54) is 31.3 Å². The van der Waals surface area contributed by atoms with Crippen molar-refractivity contribution in [3.05, 3.63) is 200 Å². The molecule has 0 aliphatic rings. The topological polar surface area (TPSA) is 29.0 Å². The molecule has 0 saturated heterocycles. The number of hydrogen-bond acceptors (Lipinski definition) is 4. The van der Waals surface area contributed by atoms with E-state index < -0.39 is 0 Å². The molecule has 3 nitrogen and oxygen atoms in total. The van der Waals surface area contributed by atoms with Gasteiger partial charge in [-0.3, -0.25) is 0 Å². The molecular formula is C52H33N3S. The highest BCUT2D eigenvalue weighted by molar-refractivity contribution is 7.25. The lowest BCUT2D eigenvalue weighted by Crippen LogP contribution is -2.09. The molecule has 9 aromatic carbocycles. The van der Waals surface area contributed by atoms with Gasteiger partial charge in [-0.05, 0) is 81.9 Å². The minimum atomic E-state index is 0.872. The van der Waals surface area contributed by atoms with Crippen molar-refractivity contribution in [2.24, 2.45) is 0 Å². The molecule has 0 aliphatic heterocycles. The number of nitrogens with zero attached hydrogens (tertiary/aromatic N) is 3. The highest BCUT2D eigenvalue weighted by Crippen LogP contribution is 2.43. The molecule has 11 rings (SSSR count). The summed E-state index contributed by atoms with van der Waals surface area (Å²) in [4.78, 5) is 13.2. The molecule has 0 bridgehead atoms. The van der Waals surface area contributed by atoms with Crippen LogP contribution in [0.5, 0.6) is 0 Å². The third-order valence-corrected chi connectivity index (χ3v) is 12.0. The second kappa shape index (κ2) is 13.3. The molecule has 11 aromatic rings. The van der Waals surface area contributed by atoms with Crippen LogP contribution in [-0.2, 0) is 0 Å². The molecule has 0 spiro atoms. The van der Waals surface area contributed by atoms with Gasteiger partial charge in [0.05, 0.1) is 22.4 Å². The first kappa shape index (κ1) is 32.3. The van der Waals surface area contributed by atoms with Gasteiger partial charge in [0.25, 0.3) is 0 Å². The van der Waals surface area contributed by atoms with Gasteiger partial charge in [0.2, 0.25) is 0 Å². The molecule has 2 aromatic heterocycles. The Morgan fingerprint density at radius 2 is 0.875 bits per heavy atom. The number of aromatic nitrogens is 2. The fourth-order valence-electron chi connectivity index (χ4n) is 8.11. The molecule has 262 valence electrons. The summed E-state index contributed by atoms with van der Waals surface area (Å²) in [5.41, 5.74) is 11.3. The fourth-order valence-corrected chi connectivity index (χ4v) is 9.20. The van der Waals surface area contributed by atoms with Gasteiger partial charge in [-0.15, -0.1) is 11.3 Å². The molecular weight excluding hydrogens is 699 g/mol. The molecule has 0 N–H and O–H groups in total. The molecule has 0 amide bonds. The molecule has 2 heterocycles. The highest BCUT2D eigenvalue weighted by atomic mass is 32.1. The van der Waals surface area contributed by atoms with E-state index in [4.69, 9.17) is 9.97 Å². The smallest absolute Gasteiger partial charge is 0.0979 e. The lowest BCUT2D eigenvalue weighted by Gasteiger charge is -2.26. The summed E-state index contributed by atoms with van der Waals surface area (Å²) in [5.74, 6) is 0. The van der Waals surface area contributed by atoms with E-state index in [2.05, 4.69) is 193 Å². The normalized spacial score (nSPS) is 11.6. The highest BCUT2D eigenvalue weighted by Gasteiger charge is 2.19. The van der Waals surface area contributed by atoms with Crippen molar-refractivity contribution in [1.29, 1.82) is 0 Å². The van der Waals surface area contributed by atoms with Gasteiger partial charge in [-0.2, -0.15) is 0 Å². The number of thiophene rings is 1. The van der Waals surface area contributed by atoms with Crippen LogP contribution in [0.25, 0.3) is 86.4 Å². The van der Waals surface area contributed by atoms with Gasteiger partial charge in [-0.25, -0.2) is 9.97 Å². The predicted octanol–water partition coefficient (Wildman–Crippen LogP) is 14.8. The van der Waals surface area contributed by atoms with Crippen molar-refractivity contribution in [1.82, 2.24) is 9.97 Å². The van der Waals surface area contributed by atoms with E-state index in [0.717, 1.165) is 72.2 Å². The van der Waals surface area contributed by atoms with Crippen molar-refractivity contribution in [3.8, 4) is 33.6 Å². The number of fused-ring (bicyclic) bond motifs is 8. The number of rotatable bonds is 6. The maximum absolute atomic E-state index is 5.51. The Balaban J connectivity index is 1.15. The largest absolute Gasteiger partial charge is 0.310 e. The Bertz CT molecular complexity index is 3230. The Kier molecular flexibility index (Phi) is 7.68. The van der Waals surface area contributed by atoms with Gasteiger partial charge in [0.1, 0.15) is 0 Å². The number of anilines is 3. The van der Waals surface area contributed by atoms with Crippen LogP contribution in [0, 0.1) is 0 Å². The zero-order chi connectivity index (χ0) is 37.0. The lowest BCUT2D eigenvalue weighted by molar-refractivity contribution is 1.29. The molecule has 0 radical (unpaired) electrons. The Hall–Kier alpha value is -7.14. The van der Waals surface area contributed by atoms with E-state index >= 15 is 0 Å². The first-order chi connectivity index (χ1) is 27.7. The van der Waals surface area contributed by atoms with Crippen LogP contribution in [0.15, 0.2) is 200 Å². The summed E-state index contributed by atoms with van der Waals surface area (Å²) in [5, 5.41) is 7.08. The monoisotopic (exact) mass is 731 g/mol. The molecule has 0 aliphatic carbocycles. The third kappa shape index (κ3) is 5.50. The SMILES string of the molecule is c1ccc(-c2ccc(N(c3ccc4sc5ccccc5c4c3)c3ccc4ccc5ccc6nc(-c7ccccc7)c(-c7ccccc7)nc6c5c4c3)cc2)cc1. The summed E-state index contributed by atoms with van der Waals surface area (Å²) in [6.45, 7) is 0. The van der Waals surface area contributed by atoms with Crippen molar-refractivity contribution in [2.75, 3.05) is 4.90 Å². The molecule has 4 heteroatoms. The minimum absolute atomic E-state index is 0.872. The summed E-state index contributed by atoms with van der Waals surface area (Å²) in [6.07, 6.45) is 0. The Morgan fingerprint density at radius 3 is 1.61 bits per heavy atom. The molecule has 56 heavy (non-hydrogen) atoms. The maximum Gasteiger partial charge on any atom is 0.0979 e. The van der Waals surface area contributed by atoms with Crippen molar-refractivity contribution in [3.63, 3.8) is 0 Å². The summed E-state index contributed by atoms with van der Waals surface area (Å²) in [7, 11) is 0. The lowest BCUT2D eigenvalue weighted by atomic mass is 9.98. The molecule has 0 unspecified atom stereocenters. The average molecular weight is 732 g/mol. The predicted molar refractivity (Wildman–Crippen MR) is 238 cm³/mol. The molecule has 0 saturated carbocycles. The van der Waals surface area contributed by atoms with Crippen LogP contribution < -0.4 is 4.90 Å². The van der Waals surface area contributed by atoms with E-state index in [0.29, 0.717) is 0 Å². The fraction of sp³-hybridized carbons (Fsp3) is 0. The van der Waals surface area contributed by atoms with Crippen molar-refractivity contribution in [2.45, 2.75) is 0 Å². The van der Waals surface area contributed by atoms with E-state index in [-0.39, 0.29) is 0 Å². The summed E-state index contributed by atoms with van der Waals surface area (Å²) in [6, 6.07) is 71.5. The van der Waals surface area contributed by atoms with E-state index in [9.17, 15) is 0 Å². The van der Waals surface area contributed by atoms with E-state index in [1.807, 2.05) is 23.5 Å². The van der Waals surface area contributed by atoms with Gasteiger partial charge >= 0.3 is 0 Å². The minimum Gasteiger partial charge on any atom is -0.310 e. The van der Waals surface area contributed by atoms with Crippen LogP contribution in [0.3, 0.4) is 0 Å². The van der Waals surface area contributed by atoms with Crippen LogP contribution >= 0.6 is 11.3 Å². The second-order valence-corrected chi connectivity index (χ2v) is 15.3.